The molecule has 1 aromatic rings. The Morgan fingerprint density at radius 1 is 1.50 bits per heavy atom. The average Bonchev–Trinajstić information content (AvgIpc) is 2.36. The van der Waals surface area contributed by atoms with Crippen LogP contribution in [0.25, 0.3) is 0 Å². The first-order valence-electron chi connectivity index (χ1n) is 5.31. The number of benzene rings is 1. The summed E-state index contributed by atoms with van der Waals surface area (Å²) in [7, 11) is 0. The lowest BCUT2D eigenvalue weighted by atomic mass is 9.91. The van der Waals surface area contributed by atoms with Crippen molar-refractivity contribution >= 4 is 17.8 Å². The van der Waals surface area contributed by atoms with Gasteiger partial charge in [-0.15, -0.1) is 0 Å². The van der Waals surface area contributed by atoms with Crippen LogP contribution < -0.4 is 4.90 Å². The molecule has 2 rings (SSSR count). The van der Waals surface area contributed by atoms with Gasteiger partial charge in [0.15, 0.2) is 0 Å². The molecule has 16 heavy (non-hydrogen) atoms. The van der Waals surface area contributed by atoms with Crippen LogP contribution in [0.2, 0.25) is 0 Å². The number of nitrogens with zero attached hydrogens (tertiary/aromatic N) is 1. The first kappa shape index (κ1) is 10.6. The Morgan fingerprint density at radius 3 is 2.94 bits per heavy atom. The predicted molar refractivity (Wildman–Crippen MR) is 65.1 cm³/mol. The molecule has 1 aliphatic heterocycles. The maximum atomic E-state index is 11.7. The third-order valence-electron chi connectivity index (χ3n) is 2.93. The zero-order valence-corrected chi connectivity index (χ0v) is 9.02. The van der Waals surface area contributed by atoms with E-state index in [1.165, 1.54) is 12.3 Å². The van der Waals surface area contributed by atoms with Crippen LogP contribution in [0, 0.1) is 5.41 Å². The third kappa shape index (κ3) is 1.65. The number of fused-ring (bicyclic) bond motifs is 1. The van der Waals surface area contributed by atoms with Crippen molar-refractivity contribution in [2.75, 3.05) is 11.4 Å². The van der Waals surface area contributed by atoms with E-state index in [1.54, 1.807) is 4.90 Å². The monoisotopic (exact) mass is 214 g/mol. The molecule has 1 atom stereocenters. The third-order valence-corrected chi connectivity index (χ3v) is 2.93. The quantitative estimate of drug-likeness (QED) is 0.596. The van der Waals surface area contributed by atoms with Crippen LogP contribution in [-0.4, -0.2) is 18.7 Å². The molecule has 1 N–H and O–H groups in total. The van der Waals surface area contributed by atoms with E-state index in [9.17, 15) is 4.79 Å². The number of nitrogens with one attached hydrogen (secondary N) is 1. The van der Waals surface area contributed by atoms with Crippen molar-refractivity contribution in [3.8, 4) is 0 Å². The number of carbonyl (C=O) groups is 1. The molecule has 3 heteroatoms. The summed E-state index contributed by atoms with van der Waals surface area (Å²) in [6.07, 6.45) is 3.59. The van der Waals surface area contributed by atoms with Gasteiger partial charge in [-0.25, -0.2) is 0 Å². The van der Waals surface area contributed by atoms with Gasteiger partial charge in [0.25, 0.3) is 0 Å². The first-order valence-corrected chi connectivity index (χ1v) is 5.31. The summed E-state index contributed by atoms with van der Waals surface area (Å²) in [6, 6.07) is 7.76. The van der Waals surface area contributed by atoms with Crippen molar-refractivity contribution in [1.29, 1.82) is 5.41 Å². The second-order valence-electron chi connectivity index (χ2n) is 3.81. The molecular weight excluding hydrogens is 200 g/mol. The molecule has 82 valence electrons. The fourth-order valence-corrected chi connectivity index (χ4v) is 2.10. The van der Waals surface area contributed by atoms with Gasteiger partial charge in [0.05, 0.1) is 0 Å². The Balaban J connectivity index is 2.46. The zero-order valence-electron chi connectivity index (χ0n) is 9.02. The van der Waals surface area contributed by atoms with E-state index in [4.69, 9.17) is 5.41 Å². The molecule has 0 fully saturated rings. The summed E-state index contributed by atoms with van der Waals surface area (Å²) in [4.78, 5) is 13.4. The van der Waals surface area contributed by atoms with Gasteiger partial charge in [-0.2, -0.15) is 0 Å². The molecule has 1 unspecified atom stereocenters. The summed E-state index contributed by atoms with van der Waals surface area (Å²) < 4.78 is 0. The van der Waals surface area contributed by atoms with Gasteiger partial charge in [0, 0.05) is 24.4 Å². The second-order valence-corrected chi connectivity index (χ2v) is 3.81. The van der Waals surface area contributed by atoms with E-state index < -0.39 is 0 Å². The highest BCUT2D eigenvalue weighted by Crippen LogP contribution is 2.33. The summed E-state index contributed by atoms with van der Waals surface area (Å²) in [6.45, 7) is 4.17. The van der Waals surface area contributed by atoms with Crippen LogP contribution >= 0.6 is 0 Å². The Hall–Kier alpha value is -1.90. The lowest BCUT2D eigenvalue weighted by Gasteiger charge is -2.32. The SMILES string of the molecule is C=CC(=O)N1CCC(C=N)c2ccccc21. The highest BCUT2D eigenvalue weighted by atomic mass is 16.2. The van der Waals surface area contributed by atoms with Crippen molar-refractivity contribution in [3.63, 3.8) is 0 Å². The molecule has 1 amide bonds. The van der Waals surface area contributed by atoms with E-state index in [1.807, 2.05) is 24.3 Å². The highest BCUT2D eigenvalue weighted by molar-refractivity contribution is 6.02. The van der Waals surface area contributed by atoms with Gasteiger partial charge >= 0.3 is 0 Å². The number of anilines is 1. The zero-order chi connectivity index (χ0) is 11.5. The minimum atomic E-state index is -0.0733. The lowest BCUT2D eigenvalue weighted by Crippen LogP contribution is -2.35. The Labute approximate surface area is 94.9 Å². The van der Waals surface area contributed by atoms with Gasteiger partial charge in [0.2, 0.25) is 5.91 Å². The molecule has 0 saturated carbocycles. The van der Waals surface area contributed by atoms with Gasteiger partial charge in [0.1, 0.15) is 0 Å². The number of amides is 1. The molecule has 3 nitrogen and oxygen atoms in total. The van der Waals surface area contributed by atoms with Crippen molar-refractivity contribution < 1.29 is 4.79 Å². The number of rotatable bonds is 2. The molecule has 0 aromatic heterocycles. The van der Waals surface area contributed by atoms with E-state index in [-0.39, 0.29) is 11.8 Å². The molecule has 0 radical (unpaired) electrons. The number of hydrogen-bond donors (Lipinski definition) is 1. The average molecular weight is 214 g/mol. The lowest BCUT2D eigenvalue weighted by molar-refractivity contribution is -0.114. The second kappa shape index (κ2) is 4.31. The summed E-state index contributed by atoms with van der Waals surface area (Å²) >= 11 is 0. The minimum Gasteiger partial charge on any atom is -0.312 e. The van der Waals surface area contributed by atoms with Gasteiger partial charge in [-0.1, -0.05) is 24.8 Å². The van der Waals surface area contributed by atoms with Crippen LogP contribution in [-0.2, 0) is 4.79 Å². The van der Waals surface area contributed by atoms with Crippen LogP contribution in [0.5, 0.6) is 0 Å². The Kier molecular flexibility index (Phi) is 2.86. The largest absolute Gasteiger partial charge is 0.312 e. The van der Waals surface area contributed by atoms with E-state index >= 15 is 0 Å². The van der Waals surface area contributed by atoms with Crippen molar-refractivity contribution in [2.45, 2.75) is 12.3 Å². The van der Waals surface area contributed by atoms with Crippen molar-refractivity contribution in [1.82, 2.24) is 0 Å². The molecule has 0 spiro atoms. The van der Waals surface area contributed by atoms with Crippen LogP contribution in [0.15, 0.2) is 36.9 Å². The Bertz CT molecular complexity index is 439. The molecule has 1 aromatic carbocycles. The van der Waals surface area contributed by atoms with Gasteiger partial charge < -0.3 is 10.3 Å². The van der Waals surface area contributed by atoms with Crippen LogP contribution in [0.3, 0.4) is 0 Å². The van der Waals surface area contributed by atoms with E-state index in [0.717, 1.165) is 17.7 Å². The molecule has 0 bridgehead atoms. The summed E-state index contributed by atoms with van der Waals surface area (Å²) in [5.41, 5.74) is 1.96. The summed E-state index contributed by atoms with van der Waals surface area (Å²) in [5, 5.41) is 7.40. The van der Waals surface area contributed by atoms with E-state index in [2.05, 4.69) is 6.58 Å². The van der Waals surface area contributed by atoms with E-state index in [0.29, 0.717) is 6.54 Å². The fraction of sp³-hybridized carbons (Fsp3) is 0.231. The topological polar surface area (TPSA) is 44.2 Å². The maximum absolute atomic E-state index is 11.7. The smallest absolute Gasteiger partial charge is 0.250 e. The van der Waals surface area contributed by atoms with Crippen LogP contribution in [0.4, 0.5) is 5.69 Å². The van der Waals surface area contributed by atoms with Gasteiger partial charge in [-0.05, 0) is 24.1 Å². The number of hydrogen-bond acceptors (Lipinski definition) is 2. The maximum Gasteiger partial charge on any atom is 0.250 e. The molecule has 1 aliphatic rings. The first-order chi connectivity index (χ1) is 7.77. The van der Waals surface area contributed by atoms with Crippen molar-refractivity contribution in [2.24, 2.45) is 0 Å². The Morgan fingerprint density at radius 2 is 2.25 bits per heavy atom. The van der Waals surface area contributed by atoms with Crippen molar-refractivity contribution in [3.05, 3.63) is 42.5 Å². The minimum absolute atomic E-state index is 0.0733. The fourth-order valence-electron chi connectivity index (χ4n) is 2.10. The molecular formula is C13H14N2O. The normalized spacial score (nSPS) is 18.8. The number of carbonyl (C=O) groups excluding carboxylic acids is 1. The summed E-state index contributed by atoms with van der Waals surface area (Å²) in [5.74, 6) is 0.0564. The molecule has 1 heterocycles. The molecule has 0 aliphatic carbocycles. The van der Waals surface area contributed by atoms with Gasteiger partial charge in [-0.3, -0.25) is 4.79 Å². The predicted octanol–water partition coefficient (Wildman–Crippen LogP) is 2.34. The molecule has 0 saturated heterocycles. The number of para-hydroxylation sites is 1. The van der Waals surface area contributed by atoms with Crippen LogP contribution in [0.1, 0.15) is 17.9 Å². The highest BCUT2D eigenvalue weighted by Gasteiger charge is 2.25. The standard InChI is InChI=1S/C13H14N2O/c1-2-13(16)15-8-7-10(9-14)11-5-3-4-6-12(11)15/h2-6,9-10,14H,1,7-8H2.